The van der Waals surface area contributed by atoms with Crippen LogP contribution in [0.25, 0.3) is 0 Å². The third kappa shape index (κ3) is 3.42. The first kappa shape index (κ1) is 15.1. The van der Waals surface area contributed by atoms with E-state index in [0.29, 0.717) is 26.8 Å². The molecule has 0 amide bonds. The zero-order valence-electron chi connectivity index (χ0n) is 10.1. The van der Waals surface area contributed by atoms with Crippen LogP contribution in [-0.4, -0.2) is 4.92 Å². The van der Waals surface area contributed by atoms with Gasteiger partial charge >= 0.3 is 0 Å². The van der Waals surface area contributed by atoms with Gasteiger partial charge in [0, 0.05) is 23.2 Å². The lowest BCUT2D eigenvalue weighted by Gasteiger charge is -2.10. The Morgan fingerprint density at radius 2 is 2.00 bits per heavy atom. The average molecular weight is 376 g/mol. The number of rotatable bonds is 4. The minimum Gasteiger partial charge on any atom is -0.380 e. The molecule has 0 radical (unpaired) electrons. The summed E-state index contributed by atoms with van der Waals surface area (Å²) in [6.07, 6.45) is 0. The quantitative estimate of drug-likeness (QED) is 0.584. The van der Waals surface area contributed by atoms with Crippen molar-refractivity contribution in [2.75, 3.05) is 5.32 Å². The lowest BCUT2D eigenvalue weighted by Crippen LogP contribution is -2.01. The van der Waals surface area contributed by atoms with Crippen molar-refractivity contribution in [1.82, 2.24) is 0 Å². The summed E-state index contributed by atoms with van der Waals surface area (Å²) in [6, 6.07) is 9.93. The zero-order valence-corrected chi connectivity index (χ0v) is 13.2. The summed E-state index contributed by atoms with van der Waals surface area (Å²) < 4.78 is 0.664. The molecule has 0 aliphatic heterocycles. The average Bonchev–Trinajstić information content (AvgIpc) is 2.41. The van der Waals surface area contributed by atoms with Crippen LogP contribution in [0, 0.1) is 10.1 Å². The summed E-state index contributed by atoms with van der Waals surface area (Å²) in [6.45, 7) is 0.471. The predicted octanol–water partition coefficient (Wildman–Crippen LogP) is 5.28. The first-order valence-corrected chi connectivity index (χ1v) is 7.14. The van der Waals surface area contributed by atoms with E-state index in [-0.39, 0.29) is 5.69 Å². The third-order valence-corrected chi connectivity index (χ3v) is 4.23. The molecule has 2 aromatic rings. The van der Waals surface area contributed by atoms with E-state index in [4.69, 9.17) is 23.2 Å². The SMILES string of the molecule is O=[N+]([O-])c1ccc(CNc2cccc(Cl)c2Cl)c(Br)c1. The molecule has 104 valence electrons. The van der Waals surface area contributed by atoms with Crippen LogP contribution in [0.1, 0.15) is 5.56 Å². The van der Waals surface area contributed by atoms with Gasteiger partial charge in [0.05, 0.1) is 20.7 Å². The van der Waals surface area contributed by atoms with Crippen LogP contribution < -0.4 is 5.32 Å². The molecule has 0 saturated heterocycles. The molecule has 2 aromatic carbocycles. The molecule has 0 aromatic heterocycles. The smallest absolute Gasteiger partial charge is 0.270 e. The zero-order chi connectivity index (χ0) is 14.7. The number of hydrogen-bond donors (Lipinski definition) is 1. The Hall–Kier alpha value is -1.30. The Balaban J connectivity index is 2.15. The molecule has 0 heterocycles. The van der Waals surface area contributed by atoms with E-state index in [1.165, 1.54) is 12.1 Å². The Morgan fingerprint density at radius 3 is 2.65 bits per heavy atom. The predicted molar refractivity (Wildman–Crippen MR) is 84.6 cm³/mol. The summed E-state index contributed by atoms with van der Waals surface area (Å²) in [5.41, 5.74) is 1.64. The largest absolute Gasteiger partial charge is 0.380 e. The van der Waals surface area contributed by atoms with Gasteiger partial charge in [-0.25, -0.2) is 0 Å². The van der Waals surface area contributed by atoms with E-state index in [9.17, 15) is 10.1 Å². The Kier molecular flexibility index (Phi) is 4.86. The molecular formula is C13H9BrCl2N2O2. The van der Waals surface area contributed by atoms with Crippen molar-refractivity contribution in [3.63, 3.8) is 0 Å². The maximum absolute atomic E-state index is 10.7. The number of nitrogens with one attached hydrogen (secondary N) is 1. The van der Waals surface area contributed by atoms with Gasteiger partial charge in [-0.1, -0.05) is 45.2 Å². The maximum atomic E-state index is 10.7. The fraction of sp³-hybridized carbons (Fsp3) is 0.0769. The number of hydrogen-bond acceptors (Lipinski definition) is 3. The van der Waals surface area contributed by atoms with E-state index < -0.39 is 4.92 Å². The van der Waals surface area contributed by atoms with E-state index in [1.54, 1.807) is 18.2 Å². The molecule has 0 saturated carbocycles. The molecule has 7 heteroatoms. The molecule has 0 fully saturated rings. The number of nitro benzene ring substituents is 1. The normalized spacial score (nSPS) is 10.3. The minimum atomic E-state index is -0.435. The van der Waals surface area contributed by atoms with Crippen molar-refractivity contribution in [2.24, 2.45) is 0 Å². The highest BCUT2D eigenvalue weighted by Crippen LogP contribution is 2.30. The van der Waals surface area contributed by atoms with Crippen molar-refractivity contribution < 1.29 is 4.92 Å². The van der Waals surface area contributed by atoms with Crippen LogP contribution in [0.4, 0.5) is 11.4 Å². The van der Waals surface area contributed by atoms with Crippen LogP contribution in [0.5, 0.6) is 0 Å². The fourth-order valence-electron chi connectivity index (χ4n) is 1.62. The van der Waals surface area contributed by atoms with Crippen molar-refractivity contribution in [2.45, 2.75) is 6.54 Å². The summed E-state index contributed by atoms with van der Waals surface area (Å²) >= 11 is 15.3. The van der Waals surface area contributed by atoms with Crippen molar-refractivity contribution in [3.8, 4) is 0 Å². The summed E-state index contributed by atoms with van der Waals surface area (Å²) in [7, 11) is 0. The maximum Gasteiger partial charge on any atom is 0.270 e. The van der Waals surface area contributed by atoms with Crippen molar-refractivity contribution in [1.29, 1.82) is 0 Å². The molecule has 0 aliphatic carbocycles. The highest BCUT2D eigenvalue weighted by atomic mass is 79.9. The van der Waals surface area contributed by atoms with E-state index >= 15 is 0 Å². The molecule has 0 atom stereocenters. The number of non-ortho nitro benzene ring substituents is 1. The fourth-order valence-corrected chi connectivity index (χ4v) is 2.50. The van der Waals surface area contributed by atoms with E-state index in [1.807, 2.05) is 6.07 Å². The van der Waals surface area contributed by atoms with Gasteiger partial charge in [-0.15, -0.1) is 0 Å². The van der Waals surface area contributed by atoms with Crippen molar-refractivity contribution >= 4 is 50.5 Å². The molecule has 0 bridgehead atoms. The highest BCUT2D eigenvalue weighted by Gasteiger charge is 2.10. The lowest BCUT2D eigenvalue weighted by molar-refractivity contribution is -0.384. The second-order valence-corrected chi connectivity index (χ2v) is 5.63. The minimum absolute atomic E-state index is 0.0430. The third-order valence-electron chi connectivity index (χ3n) is 2.67. The molecule has 0 aliphatic rings. The van der Waals surface area contributed by atoms with Crippen LogP contribution in [-0.2, 0) is 6.54 Å². The number of halogens is 3. The van der Waals surface area contributed by atoms with Gasteiger partial charge in [-0.2, -0.15) is 0 Å². The Labute approximate surface area is 134 Å². The molecular weight excluding hydrogens is 367 g/mol. The number of anilines is 1. The van der Waals surface area contributed by atoms with Crippen molar-refractivity contribution in [3.05, 3.63) is 66.6 Å². The number of nitrogens with zero attached hydrogens (tertiary/aromatic N) is 1. The van der Waals surface area contributed by atoms with Gasteiger partial charge in [0.15, 0.2) is 0 Å². The summed E-state index contributed by atoms with van der Waals surface area (Å²) in [5.74, 6) is 0. The van der Waals surface area contributed by atoms with Crippen LogP contribution >= 0.6 is 39.1 Å². The Morgan fingerprint density at radius 1 is 1.25 bits per heavy atom. The molecule has 0 spiro atoms. The van der Waals surface area contributed by atoms with Gasteiger partial charge in [0.2, 0.25) is 0 Å². The van der Waals surface area contributed by atoms with Gasteiger partial charge in [-0.3, -0.25) is 10.1 Å². The highest BCUT2D eigenvalue weighted by molar-refractivity contribution is 9.10. The molecule has 20 heavy (non-hydrogen) atoms. The summed E-state index contributed by atoms with van der Waals surface area (Å²) in [4.78, 5) is 10.2. The first-order valence-electron chi connectivity index (χ1n) is 5.59. The topological polar surface area (TPSA) is 55.2 Å². The molecule has 0 unspecified atom stereocenters. The van der Waals surface area contributed by atoms with E-state index in [0.717, 1.165) is 5.56 Å². The monoisotopic (exact) mass is 374 g/mol. The second-order valence-electron chi connectivity index (χ2n) is 3.99. The molecule has 2 rings (SSSR count). The molecule has 1 N–H and O–H groups in total. The van der Waals surface area contributed by atoms with E-state index in [2.05, 4.69) is 21.2 Å². The van der Waals surface area contributed by atoms with Crippen LogP contribution in [0.15, 0.2) is 40.9 Å². The van der Waals surface area contributed by atoms with Gasteiger partial charge in [0.1, 0.15) is 0 Å². The second kappa shape index (κ2) is 6.43. The van der Waals surface area contributed by atoms with Crippen LogP contribution in [0.2, 0.25) is 10.0 Å². The lowest BCUT2D eigenvalue weighted by atomic mass is 10.2. The standard InChI is InChI=1S/C13H9BrCl2N2O2/c14-10-6-9(18(19)20)5-4-8(10)7-17-12-3-1-2-11(15)13(12)16/h1-6,17H,7H2. The van der Waals surface area contributed by atoms with Crippen LogP contribution in [0.3, 0.4) is 0 Å². The number of benzene rings is 2. The first-order chi connectivity index (χ1) is 9.49. The number of nitro groups is 1. The van der Waals surface area contributed by atoms with Gasteiger partial charge in [0.25, 0.3) is 5.69 Å². The molecule has 4 nitrogen and oxygen atoms in total. The van der Waals surface area contributed by atoms with Gasteiger partial charge in [-0.05, 0) is 23.8 Å². The van der Waals surface area contributed by atoms with Gasteiger partial charge < -0.3 is 5.32 Å². The Bertz CT molecular complexity index is 665. The summed E-state index contributed by atoms with van der Waals surface area (Å²) in [5, 5.41) is 14.7.